The maximum absolute atomic E-state index is 13.0. The highest BCUT2D eigenvalue weighted by Gasteiger charge is 2.19. The van der Waals surface area contributed by atoms with E-state index < -0.39 is 0 Å². The lowest BCUT2D eigenvalue weighted by Crippen LogP contribution is -2.35. The van der Waals surface area contributed by atoms with Crippen molar-refractivity contribution in [3.05, 3.63) is 93.5 Å². The fourth-order valence-corrected chi connectivity index (χ4v) is 3.69. The van der Waals surface area contributed by atoms with Gasteiger partial charge in [0.2, 0.25) is 5.91 Å². The molecule has 0 radical (unpaired) electrons. The van der Waals surface area contributed by atoms with Crippen LogP contribution < -0.4 is 10.1 Å². The second-order valence-electron chi connectivity index (χ2n) is 7.89. The molecule has 0 saturated heterocycles. The van der Waals surface area contributed by atoms with Gasteiger partial charge < -0.3 is 15.0 Å². The number of hydrogen-bond acceptors (Lipinski definition) is 3. The van der Waals surface area contributed by atoms with Crippen molar-refractivity contribution in [3.8, 4) is 5.75 Å². The zero-order valence-corrected chi connectivity index (χ0v) is 19.5. The van der Waals surface area contributed by atoms with Crippen LogP contribution in [0.1, 0.15) is 32.6 Å². The molecule has 0 aromatic heterocycles. The third kappa shape index (κ3) is 5.89. The highest BCUT2D eigenvalue weighted by atomic mass is 35.5. The minimum Gasteiger partial charge on any atom is -0.488 e. The van der Waals surface area contributed by atoms with Gasteiger partial charge in [-0.3, -0.25) is 9.59 Å². The second-order valence-corrected chi connectivity index (χ2v) is 8.33. The Balaban J connectivity index is 1.66. The van der Waals surface area contributed by atoms with Gasteiger partial charge in [-0.15, -0.1) is 0 Å². The number of rotatable bonds is 7. The summed E-state index contributed by atoms with van der Waals surface area (Å²) in [7, 11) is 1.60. The standard InChI is InChI=1S/C26H27ClN2O3/c1-17-13-18(2)25(19(3)14-17)28-24(30)15-29(4)26(31)22-7-5-6-8-23(22)32-16-20-9-11-21(27)12-10-20/h5-14H,15-16H2,1-4H3,(H,28,30). The molecule has 0 atom stereocenters. The molecule has 0 bridgehead atoms. The summed E-state index contributed by atoms with van der Waals surface area (Å²) in [5.74, 6) is -0.0791. The van der Waals surface area contributed by atoms with Crippen LogP contribution in [0.2, 0.25) is 5.02 Å². The highest BCUT2D eigenvalue weighted by Crippen LogP contribution is 2.23. The number of nitrogens with zero attached hydrogens (tertiary/aromatic N) is 1. The molecule has 32 heavy (non-hydrogen) atoms. The molecule has 0 aliphatic heterocycles. The number of carbonyl (C=O) groups excluding carboxylic acids is 2. The van der Waals surface area contributed by atoms with E-state index in [-0.39, 0.29) is 18.4 Å². The average molecular weight is 451 g/mol. The molecule has 166 valence electrons. The third-order valence-corrected chi connectivity index (χ3v) is 5.35. The lowest BCUT2D eigenvalue weighted by atomic mass is 10.1. The first-order valence-corrected chi connectivity index (χ1v) is 10.7. The number of benzene rings is 3. The summed E-state index contributed by atoms with van der Waals surface area (Å²) in [5.41, 5.74) is 5.25. The number of para-hydroxylation sites is 1. The Kier molecular flexibility index (Phi) is 7.54. The monoisotopic (exact) mass is 450 g/mol. The summed E-state index contributed by atoms with van der Waals surface area (Å²) in [6, 6.07) is 18.4. The van der Waals surface area contributed by atoms with Crippen molar-refractivity contribution in [1.29, 1.82) is 0 Å². The van der Waals surface area contributed by atoms with Gasteiger partial charge in [-0.25, -0.2) is 0 Å². The Morgan fingerprint density at radius 3 is 2.25 bits per heavy atom. The summed E-state index contributed by atoms with van der Waals surface area (Å²) < 4.78 is 5.89. The van der Waals surface area contributed by atoms with E-state index >= 15 is 0 Å². The molecule has 0 aliphatic carbocycles. The third-order valence-electron chi connectivity index (χ3n) is 5.09. The fourth-order valence-electron chi connectivity index (χ4n) is 3.56. The number of likely N-dealkylation sites (N-methyl/N-ethyl adjacent to an activating group) is 1. The molecule has 6 heteroatoms. The van der Waals surface area contributed by atoms with Crippen molar-refractivity contribution in [3.63, 3.8) is 0 Å². The molecule has 0 heterocycles. The Hall–Kier alpha value is -3.31. The van der Waals surface area contributed by atoms with Gasteiger partial charge in [-0.1, -0.05) is 53.6 Å². The summed E-state index contributed by atoms with van der Waals surface area (Å²) >= 11 is 5.92. The molecule has 3 aromatic rings. The molecule has 1 N–H and O–H groups in total. The Labute approximate surface area is 194 Å². The van der Waals surface area contributed by atoms with Gasteiger partial charge in [0.25, 0.3) is 5.91 Å². The molecular weight excluding hydrogens is 424 g/mol. The highest BCUT2D eigenvalue weighted by molar-refractivity contribution is 6.30. The number of carbonyl (C=O) groups is 2. The number of amides is 2. The summed E-state index contributed by atoms with van der Waals surface area (Å²) in [6.45, 7) is 6.16. The van der Waals surface area contributed by atoms with Gasteiger partial charge in [-0.2, -0.15) is 0 Å². The minimum absolute atomic E-state index is 0.0723. The topological polar surface area (TPSA) is 58.6 Å². The van der Waals surface area contributed by atoms with E-state index in [4.69, 9.17) is 16.3 Å². The van der Waals surface area contributed by atoms with Crippen molar-refractivity contribution in [2.75, 3.05) is 18.9 Å². The Bertz CT molecular complexity index is 1100. The van der Waals surface area contributed by atoms with E-state index in [9.17, 15) is 9.59 Å². The van der Waals surface area contributed by atoms with Crippen LogP contribution >= 0.6 is 11.6 Å². The van der Waals surface area contributed by atoms with E-state index in [1.807, 2.05) is 51.1 Å². The first-order valence-electron chi connectivity index (χ1n) is 10.3. The zero-order valence-electron chi connectivity index (χ0n) is 18.7. The molecular formula is C26H27ClN2O3. The van der Waals surface area contributed by atoms with Crippen LogP contribution in [-0.2, 0) is 11.4 Å². The Morgan fingerprint density at radius 1 is 0.969 bits per heavy atom. The number of ether oxygens (including phenoxy) is 1. The number of anilines is 1. The second kappa shape index (κ2) is 10.3. The normalized spacial score (nSPS) is 10.5. The molecule has 5 nitrogen and oxygen atoms in total. The van der Waals surface area contributed by atoms with Crippen LogP contribution in [-0.4, -0.2) is 30.3 Å². The molecule has 3 aromatic carbocycles. The van der Waals surface area contributed by atoms with Crippen molar-refractivity contribution < 1.29 is 14.3 Å². The van der Waals surface area contributed by atoms with E-state index in [1.165, 1.54) is 4.90 Å². The molecule has 0 aliphatic rings. The van der Waals surface area contributed by atoms with Gasteiger partial charge in [0, 0.05) is 17.8 Å². The quantitative estimate of drug-likeness (QED) is 0.513. The maximum atomic E-state index is 13.0. The molecule has 3 rings (SSSR count). The van der Waals surface area contributed by atoms with Crippen LogP contribution in [0.15, 0.2) is 60.7 Å². The number of hydrogen-bond donors (Lipinski definition) is 1. The largest absolute Gasteiger partial charge is 0.488 e. The fraction of sp³-hybridized carbons (Fsp3) is 0.231. The van der Waals surface area contributed by atoms with E-state index in [0.717, 1.165) is 27.9 Å². The van der Waals surface area contributed by atoms with Crippen LogP contribution in [0.5, 0.6) is 5.75 Å². The molecule has 2 amide bonds. The van der Waals surface area contributed by atoms with E-state index in [1.54, 1.807) is 37.4 Å². The lowest BCUT2D eigenvalue weighted by molar-refractivity contribution is -0.116. The Morgan fingerprint density at radius 2 is 1.59 bits per heavy atom. The lowest BCUT2D eigenvalue weighted by Gasteiger charge is -2.20. The minimum atomic E-state index is -0.288. The van der Waals surface area contributed by atoms with E-state index in [2.05, 4.69) is 5.32 Å². The van der Waals surface area contributed by atoms with Crippen LogP contribution in [0.4, 0.5) is 5.69 Å². The zero-order chi connectivity index (χ0) is 23.3. The van der Waals surface area contributed by atoms with Gasteiger partial charge in [0.1, 0.15) is 12.4 Å². The molecule has 0 spiro atoms. The van der Waals surface area contributed by atoms with Crippen molar-refractivity contribution in [2.24, 2.45) is 0 Å². The van der Waals surface area contributed by atoms with Gasteiger partial charge in [0.05, 0.1) is 12.1 Å². The summed E-state index contributed by atoms with van der Waals surface area (Å²) in [4.78, 5) is 27.0. The van der Waals surface area contributed by atoms with Crippen molar-refractivity contribution in [2.45, 2.75) is 27.4 Å². The molecule has 0 fully saturated rings. The number of aryl methyl sites for hydroxylation is 3. The van der Waals surface area contributed by atoms with Gasteiger partial charge in [-0.05, 0) is 61.7 Å². The van der Waals surface area contributed by atoms with Crippen LogP contribution in [0.3, 0.4) is 0 Å². The number of halogens is 1. The van der Waals surface area contributed by atoms with Gasteiger partial charge >= 0.3 is 0 Å². The average Bonchev–Trinajstić information content (AvgIpc) is 2.75. The first-order chi connectivity index (χ1) is 15.2. The number of nitrogens with one attached hydrogen (secondary N) is 1. The summed E-state index contributed by atoms with van der Waals surface area (Å²) in [5, 5.41) is 3.59. The molecule has 0 saturated carbocycles. The molecule has 0 unspecified atom stereocenters. The predicted molar refractivity (Wildman–Crippen MR) is 128 cm³/mol. The predicted octanol–water partition coefficient (Wildman–Crippen LogP) is 5.55. The van der Waals surface area contributed by atoms with Crippen molar-refractivity contribution >= 4 is 29.1 Å². The first kappa shape index (κ1) is 23.4. The maximum Gasteiger partial charge on any atom is 0.257 e. The van der Waals surface area contributed by atoms with Crippen LogP contribution in [0, 0.1) is 20.8 Å². The smallest absolute Gasteiger partial charge is 0.257 e. The van der Waals surface area contributed by atoms with Gasteiger partial charge in [0.15, 0.2) is 0 Å². The summed E-state index contributed by atoms with van der Waals surface area (Å²) in [6.07, 6.45) is 0. The SMILES string of the molecule is Cc1cc(C)c(NC(=O)CN(C)C(=O)c2ccccc2OCc2ccc(Cl)cc2)c(C)c1. The van der Waals surface area contributed by atoms with Crippen LogP contribution in [0.25, 0.3) is 0 Å². The van der Waals surface area contributed by atoms with Crippen molar-refractivity contribution in [1.82, 2.24) is 4.90 Å². The van der Waals surface area contributed by atoms with E-state index in [0.29, 0.717) is 22.9 Å².